The molecule has 5 heteroatoms. The van der Waals surface area contributed by atoms with Gasteiger partial charge in [-0.3, -0.25) is 0 Å². The Kier molecular flexibility index (Phi) is 5.09. The summed E-state index contributed by atoms with van der Waals surface area (Å²) in [6.07, 6.45) is 4.99. The maximum Gasteiger partial charge on any atom is 0.134 e. The largest absolute Gasteiger partial charge is 0.378 e. The van der Waals surface area contributed by atoms with Gasteiger partial charge in [-0.25, -0.2) is 0 Å². The van der Waals surface area contributed by atoms with Crippen LogP contribution in [0.15, 0.2) is 0 Å². The molecule has 1 atom stereocenters. The van der Waals surface area contributed by atoms with E-state index in [0.29, 0.717) is 12.1 Å². The fraction of sp³-hybridized carbons (Fsp3) is 0.846. The summed E-state index contributed by atoms with van der Waals surface area (Å²) in [6, 6.07) is 0.355. The Morgan fingerprint density at radius 1 is 1.39 bits per heavy atom. The second kappa shape index (κ2) is 6.59. The van der Waals surface area contributed by atoms with E-state index in [9.17, 15) is 0 Å². The fourth-order valence-corrected chi connectivity index (χ4v) is 3.60. The van der Waals surface area contributed by atoms with Crippen LogP contribution >= 0.6 is 11.3 Å². The summed E-state index contributed by atoms with van der Waals surface area (Å²) in [5, 5.41) is 14.2. The molecule has 1 N–H and O–H groups in total. The summed E-state index contributed by atoms with van der Waals surface area (Å²) >= 11 is 1.76. The Morgan fingerprint density at radius 2 is 2.17 bits per heavy atom. The lowest BCUT2D eigenvalue weighted by molar-refractivity contribution is -0.0240. The Hall–Kier alpha value is -0.520. The smallest absolute Gasteiger partial charge is 0.134 e. The quantitative estimate of drug-likeness (QED) is 0.826. The van der Waals surface area contributed by atoms with Crippen molar-refractivity contribution in [2.75, 3.05) is 13.7 Å². The standard InChI is InChI=1S/C13H23N3OS/c1-4-11(14-3)13-16-15-12(18-13)8-9-6-10(7-9)17-5-2/h9-11,14H,4-8H2,1-3H3. The van der Waals surface area contributed by atoms with E-state index in [-0.39, 0.29) is 0 Å². The highest BCUT2D eigenvalue weighted by atomic mass is 32.1. The zero-order valence-corrected chi connectivity index (χ0v) is 12.3. The molecular weight excluding hydrogens is 246 g/mol. The minimum atomic E-state index is 0.355. The first kappa shape index (κ1) is 13.9. The van der Waals surface area contributed by atoms with Gasteiger partial charge in [0.25, 0.3) is 0 Å². The predicted octanol–water partition coefficient (Wildman–Crippen LogP) is 2.57. The Bertz CT molecular complexity index is 359. The molecule has 1 aliphatic rings. The average Bonchev–Trinajstić information content (AvgIpc) is 2.77. The number of nitrogens with zero attached hydrogens (tertiary/aromatic N) is 2. The van der Waals surface area contributed by atoms with E-state index in [4.69, 9.17) is 4.74 Å². The van der Waals surface area contributed by atoms with E-state index < -0.39 is 0 Å². The molecule has 0 aliphatic heterocycles. The van der Waals surface area contributed by atoms with Gasteiger partial charge in [-0.15, -0.1) is 10.2 Å². The number of rotatable bonds is 7. The first-order chi connectivity index (χ1) is 8.76. The van der Waals surface area contributed by atoms with Crippen molar-refractivity contribution in [1.82, 2.24) is 15.5 Å². The number of hydrogen-bond donors (Lipinski definition) is 1. The Labute approximate surface area is 113 Å². The van der Waals surface area contributed by atoms with E-state index in [2.05, 4.69) is 29.4 Å². The summed E-state index contributed by atoms with van der Waals surface area (Å²) in [6.45, 7) is 5.06. The number of ether oxygens (including phenoxy) is 1. The van der Waals surface area contributed by atoms with Gasteiger partial charge in [0.2, 0.25) is 0 Å². The van der Waals surface area contributed by atoms with E-state index in [1.165, 1.54) is 17.8 Å². The Balaban J connectivity index is 1.81. The third-order valence-corrected chi connectivity index (χ3v) is 4.65. The van der Waals surface area contributed by atoms with Crippen molar-refractivity contribution in [3.05, 3.63) is 10.0 Å². The molecule has 0 amide bonds. The summed E-state index contributed by atoms with van der Waals surface area (Å²) < 4.78 is 5.58. The molecule has 1 heterocycles. The van der Waals surface area contributed by atoms with Crippen LogP contribution in [0.4, 0.5) is 0 Å². The van der Waals surface area contributed by atoms with Gasteiger partial charge >= 0.3 is 0 Å². The van der Waals surface area contributed by atoms with Crippen molar-refractivity contribution in [2.45, 2.75) is 51.7 Å². The second-order valence-corrected chi connectivity index (χ2v) is 6.00. The first-order valence-corrected chi connectivity index (χ1v) is 7.69. The molecular formula is C13H23N3OS. The highest BCUT2D eigenvalue weighted by molar-refractivity contribution is 7.11. The average molecular weight is 269 g/mol. The molecule has 18 heavy (non-hydrogen) atoms. The number of hydrogen-bond acceptors (Lipinski definition) is 5. The zero-order chi connectivity index (χ0) is 13.0. The molecule has 1 unspecified atom stereocenters. The van der Waals surface area contributed by atoms with Crippen molar-refractivity contribution < 1.29 is 4.74 Å². The molecule has 0 spiro atoms. The van der Waals surface area contributed by atoms with E-state index in [1.807, 2.05) is 7.05 Å². The van der Waals surface area contributed by atoms with Crippen LogP contribution < -0.4 is 5.32 Å². The first-order valence-electron chi connectivity index (χ1n) is 6.87. The number of nitrogens with one attached hydrogen (secondary N) is 1. The van der Waals surface area contributed by atoms with Gasteiger partial charge in [-0.1, -0.05) is 18.3 Å². The molecule has 0 saturated heterocycles. The molecule has 1 aromatic heterocycles. The van der Waals surface area contributed by atoms with Crippen molar-refractivity contribution in [1.29, 1.82) is 0 Å². The van der Waals surface area contributed by atoms with Gasteiger partial charge in [0.15, 0.2) is 0 Å². The molecule has 4 nitrogen and oxygen atoms in total. The third-order valence-electron chi connectivity index (χ3n) is 3.60. The lowest BCUT2D eigenvalue weighted by atomic mass is 9.80. The summed E-state index contributed by atoms with van der Waals surface area (Å²) in [5.74, 6) is 0.747. The van der Waals surface area contributed by atoms with Crippen LogP contribution in [0, 0.1) is 5.92 Å². The molecule has 1 aliphatic carbocycles. The molecule has 0 bridgehead atoms. The Morgan fingerprint density at radius 3 is 2.78 bits per heavy atom. The minimum Gasteiger partial charge on any atom is -0.378 e. The van der Waals surface area contributed by atoms with Crippen molar-refractivity contribution in [3.63, 3.8) is 0 Å². The molecule has 102 valence electrons. The molecule has 0 radical (unpaired) electrons. The summed E-state index contributed by atoms with van der Waals surface area (Å²) in [5.41, 5.74) is 0. The summed E-state index contributed by atoms with van der Waals surface area (Å²) in [7, 11) is 1.98. The summed E-state index contributed by atoms with van der Waals surface area (Å²) in [4.78, 5) is 0. The third kappa shape index (κ3) is 3.28. The SMILES string of the molecule is CCOC1CC(Cc2nnc(C(CC)NC)s2)C1. The van der Waals surface area contributed by atoms with Gasteiger partial charge < -0.3 is 10.1 Å². The van der Waals surface area contributed by atoms with E-state index >= 15 is 0 Å². The minimum absolute atomic E-state index is 0.355. The number of aromatic nitrogens is 2. The van der Waals surface area contributed by atoms with Gasteiger partial charge in [0.1, 0.15) is 10.0 Å². The maximum atomic E-state index is 5.58. The van der Waals surface area contributed by atoms with Crippen LogP contribution in [0.2, 0.25) is 0 Å². The predicted molar refractivity (Wildman–Crippen MR) is 73.8 cm³/mol. The highest BCUT2D eigenvalue weighted by Crippen LogP contribution is 2.34. The maximum absolute atomic E-state index is 5.58. The lowest BCUT2D eigenvalue weighted by Gasteiger charge is -2.34. The van der Waals surface area contributed by atoms with Crippen LogP contribution in [-0.4, -0.2) is 30.0 Å². The zero-order valence-electron chi connectivity index (χ0n) is 11.5. The fourth-order valence-electron chi connectivity index (χ4n) is 2.45. The highest BCUT2D eigenvalue weighted by Gasteiger charge is 2.30. The topological polar surface area (TPSA) is 47.0 Å². The van der Waals surface area contributed by atoms with Crippen molar-refractivity contribution in [2.24, 2.45) is 5.92 Å². The normalized spacial score (nSPS) is 24.8. The van der Waals surface area contributed by atoms with Crippen LogP contribution in [-0.2, 0) is 11.2 Å². The van der Waals surface area contributed by atoms with Crippen LogP contribution in [0.3, 0.4) is 0 Å². The van der Waals surface area contributed by atoms with E-state index in [0.717, 1.165) is 30.4 Å². The van der Waals surface area contributed by atoms with Gasteiger partial charge in [-0.05, 0) is 39.2 Å². The molecule has 1 aromatic rings. The molecule has 1 saturated carbocycles. The van der Waals surface area contributed by atoms with Crippen LogP contribution in [0.5, 0.6) is 0 Å². The monoisotopic (exact) mass is 269 g/mol. The van der Waals surface area contributed by atoms with Gasteiger partial charge in [0, 0.05) is 13.0 Å². The van der Waals surface area contributed by atoms with Crippen LogP contribution in [0.1, 0.15) is 49.2 Å². The lowest BCUT2D eigenvalue weighted by Crippen LogP contribution is -2.32. The van der Waals surface area contributed by atoms with E-state index in [1.54, 1.807) is 11.3 Å². The van der Waals surface area contributed by atoms with Crippen molar-refractivity contribution in [3.8, 4) is 0 Å². The second-order valence-electron chi connectivity index (χ2n) is 4.90. The van der Waals surface area contributed by atoms with Crippen LogP contribution in [0.25, 0.3) is 0 Å². The van der Waals surface area contributed by atoms with Crippen molar-refractivity contribution >= 4 is 11.3 Å². The molecule has 2 rings (SSSR count). The molecule has 1 fully saturated rings. The van der Waals surface area contributed by atoms with Gasteiger partial charge in [-0.2, -0.15) is 0 Å². The molecule has 0 aromatic carbocycles. The van der Waals surface area contributed by atoms with Gasteiger partial charge in [0.05, 0.1) is 12.1 Å².